The molecule has 0 aliphatic carbocycles. The van der Waals surface area contributed by atoms with Crippen LogP contribution in [0.1, 0.15) is 42.6 Å². The first-order valence-electron chi connectivity index (χ1n) is 6.09. The number of Topliss-reactive ketones (excluding diaryl/α,β-unsaturated/α-hetero) is 1. The molecule has 0 heterocycles. The summed E-state index contributed by atoms with van der Waals surface area (Å²) in [6.07, 6.45) is 1.77. The lowest BCUT2D eigenvalue weighted by atomic mass is 9.91. The number of carbonyl (C=O) groups is 1. The largest absolute Gasteiger partial charge is 0.299 e. The Morgan fingerprint density at radius 2 is 2.00 bits per heavy atom. The van der Waals surface area contributed by atoms with Crippen LogP contribution >= 0.6 is 0 Å². The lowest BCUT2D eigenvalue weighted by Crippen LogP contribution is -2.10. The molecule has 0 aromatic heterocycles. The van der Waals surface area contributed by atoms with Crippen molar-refractivity contribution in [2.45, 2.75) is 26.7 Å². The van der Waals surface area contributed by atoms with Gasteiger partial charge in [-0.3, -0.25) is 14.8 Å². The van der Waals surface area contributed by atoms with E-state index in [9.17, 15) is 4.79 Å². The Morgan fingerprint density at radius 3 is 2.61 bits per heavy atom. The van der Waals surface area contributed by atoms with E-state index in [4.69, 9.17) is 0 Å². The molecule has 96 valence electrons. The highest BCUT2D eigenvalue weighted by atomic mass is 16.1. The minimum absolute atomic E-state index is 0.0976. The molecular weight excluding hydrogens is 224 g/mol. The molecule has 0 bridgehead atoms. The molecule has 0 aliphatic heterocycles. The number of rotatable bonds is 5. The van der Waals surface area contributed by atoms with Crippen LogP contribution in [0.3, 0.4) is 0 Å². The molecule has 0 amide bonds. The van der Waals surface area contributed by atoms with Gasteiger partial charge >= 0.3 is 0 Å². The minimum atomic E-state index is 0.0976. The molecule has 1 unspecified atom stereocenters. The van der Waals surface area contributed by atoms with Crippen LogP contribution in [0.15, 0.2) is 34.3 Å². The van der Waals surface area contributed by atoms with Gasteiger partial charge in [0.25, 0.3) is 0 Å². The molecule has 1 rings (SSSR count). The van der Waals surface area contributed by atoms with Crippen LogP contribution in [0.5, 0.6) is 0 Å². The second-order valence-electron chi connectivity index (χ2n) is 4.29. The normalized spacial score (nSPS) is 13.9. The summed E-state index contributed by atoms with van der Waals surface area (Å²) >= 11 is 0. The zero-order chi connectivity index (χ0) is 13.5. The number of hydrogen-bond acceptors (Lipinski definition) is 3. The van der Waals surface area contributed by atoms with Gasteiger partial charge in [-0.1, -0.05) is 31.2 Å². The summed E-state index contributed by atoms with van der Waals surface area (Å²) in [5, 5.41) is 0. The molecule has 1 atom stereocenters. The second-order valence-corrected chi connectivity index (χ2v) is 4.29. The van der Waals surface area contributed by atoms with Crippen molar-refractivity contribution in [3.8, 4) is 0 Å². The molecule has 3 heteroatoms. The SMILES string of the molecule is CN=CCN=C(C)C(C)c1ccccc1C(C)=O. The second kappa shape index (κ2) is 6.84. The van der Waals surface area contributed by atoms with E-state index in [-0.39, 0.29) is 11.7 Å². The van der Waals surface area contributed by atoms with Crippen molar-refractivity contribution in [1.29, 1.82) is 0 Å². The Kier molecular flexibility index (Phi) is 5.43. The molecule has 18 heavy (non-hydrogen) atoms. The van der Waals surface area contributed by atoms with Crippen LogP contribution in [-0.2, 0) is 0 Å². The van der Waals surface area contributed by atoms with E-state index in [0.29, 0.717) is 6.54 Å². The van der Waals surface area contributed by atoms with Crippen molar-refractivity contribution in [2.75, 3.05) is 13.6 Å². The molecule has 0 spiro atoms. The van der Waals surface area contributed by atoms with Crippen LogP contribution < -0.4 is 0 Å². The molecule has 0 saturated carbocycles. The van der Waals surface area contributed by atoms with Crippen molar-refractivity contribution < 1.29 is 4.79 Å². The van der Waals surface area contributed by atoms with E-state index in [1.54, 1.807) is 20.2 Å². The van der Waals surface area contributed by atoms with E-state index in [1.165, 1.54) is 0 Å². The molecule has 0 N–H and O–H groups in total. The lowest BCUT2D eigenvalue weighted by molar-refractivity contribution is 0.101. The number of carbonyl (C=O) groups excluding carboxylic acids is 1. The third-order valence-corrected chi connectivity index (χ3v) is 3.04. The number of aliphatic imine (C=N–C) groups is 2. The summed E-state index contributed by atoms with van der Waals surface area (Å²) < 4.78 is 0. The molecule has 0 saturated heterocycles. The standard InChI is InChI=1S/C15H20N2O/c1-11(12(2)17-10-9-16-4)14-7-5-6-8-15(14)13(3)18/h5-9,11H,10H2,1-4H3. The first-order valence-corrected chi connectivity index (χ1v) is 6.09. The maximum absolute atomic E-state index is 11.6. The Balaban J connectivity index is 2.99. The van der Waals surface area contributed by atoms with Crippen molar-refractivity contribution in [1.82, 2.24) is 0 Å². The van der Waals surface area contributed by atoms with Crippen LogP contribution in [0, 0.1) is 0 Å². The monoisotopic (exact) mass is 244 g/mol. The number of hydrogen-bond donors (Lipinski definition) is 0. The Bertz CT molecular complexity index is 475. The van der Waals surface area contributed by atoms with Crippen LogP contribution in [0.2, 0.25) is 0 Å². The summed E-state index contributed by atoms with van der Waals surface area (Å²) in [7, 11) is 1.74. The Labute approximate surface area is 109 Å². The van der Waals surface area contributed by atoms with E-state index in [2.05, 4.69) is 16.9 Å². The highest BCUT2D eigenvalue weighted by molar-refractivity contribution is 5.98. The summed E-state index contributed by atoms with van der Waals surface area (Å²) in [4.78, 5) is 19.9. The van der Waals surface area contributed by atoms with Gasteiger partial charge in [0.05, 0.1) is 6.54 Å². The fourth-order valence-electron chi connectivity index (χ4n) is 1.82. The van der Waals surface area contributed by atoms with Gasteiger partial charge in [-0.15, -0.1) is 0 Å². The van der Waals surface area contributed by atoms with E-state index in [0.717, 1.165) is 16.8 Å². The molecule has 3 nitrogen and oxygen atoms in total. The highest BCUT2D eigenvalue weighted by Crippen LogP contribution is 2.21. The summed E-state index contributed by atoms with van der Waals surface area (Å²) in [6, 6.07) is 7.71. The van der Waals surface area contributed by atoms with Gasteiger partial charge in [-0.05, 0) is 19.4 Å². The fraction of sp³-hybridized carbons (Fsp3) is 0.400. The predicted molar refractivity (Wildman–Crippen MR) is 77.3 cm³/mol. The van der Waals surface area contributed by atoms with Crippen LogP contribution in [-0.4, -0.2) is 31.3 Å². The quantitative estimate of drug-likeness (QED) is 0.579. The van der Waals surface area contributed by atoms with Crippen molar-refractivity contribution in [3.05, 3.63) is 35.4 Å². The maximum Gasteiger partial charge on any atom is 0.160 e. The zero-order valence-electron chi connectivity index (χ0n) is 11.5. The number of nitrogens with zero attached hydrogens (tertiary/aromatic N) is 2. The topological polar surface area (TPSA) is 41.8 Å². The smallest absolute Gasteiger partial charge is 0.160 e. The van der Waals surface area contributed by atoms with Crippen LogP contribution in [0.25, 0.3) is 0 Å². The fourth-order valence-corrected chi connectivity index (χ4v) is 1.82. The van der Waals surface area contributed by atoms with Gasteiger partial charge in [0.2, 0.25) is 0 Å². The average Bonchev–Trinajstić information content (AvgIpc) is 2.38. The molecule has 0 fully saturated rings. The highest BCUT2D eigenvalue weighted by Gasteiger charge is 2.14. The van der Waals surface area contributed by atoms with Gasteiger partial charge in [0.1, 0.15) is 0 Å². The van der Waals surface area contributed by atoms with Crippen molar-refractivity contribution >= 4 is 17.7 Å². The molecule has 1 aromatic carbocycles. The maximum atomic E-state index is 11.6. The minimum Gasteiger partial charge on any atom is -0.299 e. The van der Waals surface area contributed by atoms with E-state index < -0.39 is 0 Å². The summed E-state index contributed by atoms with van der Waals surface area (Å²) in [5.74, 6) is 0.246. The average molecular weight is 244 g/mol. The third kappa shape index (κ3) is 3.62. The molecule has 1 aromatic rings. The zero-order valence-corrected chi connectivity index (χ0v) is 11.5. The van der Waals surface area contributed by atoms with Gasteiger partial charge in [-0.2, -0.15) is 0 Å². The third-order valence-electron chi connectivity index (χ3n) is 3.04. The molecule has 0 aliphatic rings. The predicted octanol–water partition coefficient (Wildman–Crippen LogP) is 3.15. The first-order chi connectivity index (χ1) is 8.57. The van der Waals surface area contributed by atoms with E-state index in [1.807, 2.05) is 31.2 Å². The summed E-state index contributed by atoms with van der Waals surface area (Å²) in [6.45, 7) is 6.26. The molecule has 0 radical (unpaired) electrons. The first kappa shape index (κ1) is 14.3. The van der Waals surface area contributed by atoms with E-state index >= 15 is 0 Å². The lowest BCUT2D eigenvalue weighted by Gasteiger charge is -2.15. The van der Waals surface area contributed by atoms with Crippen molar-refractivity contribution in [2.24, 2.45) is 9.98 Å². The number of benzene rings is 1. The summed E-state index contributed by atoms with van der Waals surface area (Å²) in [5.41, 5.74) is 2.84. The van der Waals surface area contributed by atoms with Crippen LogP contribution in [0.4, 0.5) is 0 Å². The van der Waals surface area contributed by atoms with Gasteiger partial charge in [0, 0.05) is 30.5 Å². The number of ketones is 1. The van der Waals surface area contributed by atoms with Gasteiger partial charge < -0.3 is 0 Å². The Morgan fingerprint density at radius 1 is 1.33 bits per heavy atom. The Hall–Kier alpha value is -1.77. The van der Waals surface area contributed by atoms with Crippen molar-refractivity contribution in [3.63, 3.8) is 0 Å². The van der Waals surface area contributed by atoms with Gasteiger partial charge in [0.15, 0.2) is 5.78 Å². The van der Waals surface area contributed by atoms with Gasteiger partial charge in [-0.25, -0.2) is 0 Å². The molecular formula is C15H20N2O.